The van der Waals surface area contributed by atoms with E-state index in [0.29, 0.717) is 11.7 Å². The molecule has 1 amide bonds. The van der Waals surface area contributed by atoms with E-state index in [0.717, 1.165) is 50.2 Å². The van der Waals surface area contributed by atoms with Gasteiger partial charge in [-0.2, -0.15) is 0 Å². The quantitative estimate of drug-likeness (QED) is 0.869. The third-order valence-electron chi connectivity index (χ3n) is 5.19. The fraction of sp³-hybridized carbons (Fsp3) is 0.500. The minimum absolute atomic E-state index is 0.131. The first kappa shape index (κ1) is 14.7. The lowest BCUT2D eigenvalue weighted by atomic mass is 10.1. The Morgan fingerprint density at radius 2 is 1.96 bits per heavy atom. The van der Waals surface area contributed by atoms with Crippen LogP contribution in [-0.2, 0) is 0 Å². The first-order chi connectivity index (χ1) is 11.1. The van der Waals surface area contributed by atoms with Crippen LogP contribution in [-0.4, -0.2) is 77.9 Å². The van der Waals surface area contributed by atoms with Crippen molar-refractivity contribution in [2.24, 2.45) is 0 Å². The molecule has 0 saturated carbocycles. The molecule has 0 unspecified atom stereocenters. The average molecular weight is 312 g/mol. The summed E-state index contributed by atoms with van der Waals surface area (Å²) in [4.78, 5) is 23.1. The molecule has 23 heavy (non-hydrogen) atoms. The number of piperazine rings is 2. The number of hydrogen-bond donors (Lipinski definition) is 1. The average Bonchev–Trinajstić information content (AvgIpc) is 2.96. The minimum atomic E-state index is 0.131. The number of hydrogen-bond acceptors (Lipinski definition) is 3. The molecule has 2 aliphatic heterocycles. The number of aromatic amines is 1. The van der Waals surface area contributed by atoms with Crippen molar-refractivity contribution < 1.29 is 4.79 Å². The van der Waals surface area contributed by atoms with Gasteiger partial charge in [0.1, 0.15) is 5.69 Å². The fourth-order valence-corrected chi connectivity index (χ4v) is 3.83. The summed E-state index contributed by atoms with van der Waals surface area (Å²) in [6, 6.07) is 8.71. The van der Waals surface area contributed by atoms with Gasteiger partial charge >= 0.3 is 0 Å². The number of amides is 1. The van der Waals surface area contributed by atoms with E-state index in [2.05, 4.69) is 47.0 Å². The predicted molar refractivity (Wildman–Crippen MR) is 91.8 cm³/mol. The summed E-state index contributed by atoms with van der Waals surface area (Å²) in [6.07, 6.45) is 0. The number of carbonyl (C=O) groups excluding carboxylic acids is 1. The summed E-state index contributed by atoms with van der Waals surface area (Å²) in [7, 11) is 2.16. The van der Waals surface area contributed by atoms with E-state index in [-0.39, 0.29) is 5.91 Å². The summed E-state index contributed by atoms with van der Waals surface area (Å²) in [5.41, 5.74) is 2.97. The highest BCUT2D eigenvalue weighted by atomic mass is 16.2. The van der Waals surface area contributed by atoms with Crippen LogP contribution >= 0.6 is 0 Å². The van der Waals surface area contributed by atoms with Crippen LogP contribution in [0.1, 0.15) is 16.1 Å². The van der Waals surface area contributed by atoms with E-state index in [1.807, 2.05) is 11.0 Å². The smallest absolute Gasteiger partial charge is 0.270 e. The van der Waals surface area contributed by atoms with Crippen molar-refractivity contribution in [1.29, 1.82) is 0 Å². The molecule has 2 saturated heterocycles. The van der Waals surface area contributed by atoms with Crippen LogP contribution in [0.3, 0.4) is 0 Å². The highest BCUT2D eigenvalue weighted by Crippen LogP contribution is 2.20. The van der Waals surface area contributed by atoms with Crippen molar-refractivity contribution in [3.05, 3.63) is 35.5 Å². The van der Waals surface area contributed by atoms with Crippen LogP contribution < -0.4 is 0 Å². The molecular weight excluding hydrogens is 288 g/mol. The molecule has 4 rings (SSSR count). The van der Waals surface area contributed by atoms with E-state index in [1.54, 1.807) is 0 Å². The third-order valence-corrected chi connectivity index (χ3v) is 5.19. The number of likely N-dealkylation sites (N-methyl/N-ethyl adjacent to an activating group) is 1. The zero-order valence-corrected chi connectivity index (χ0v) is 13.9. The van der Waals surface area contributed by atoms with Gasteiger partial charge in [0.2, 0.25) is 0 Å². The second-order valence-electron chi connectivity index (χ2n) is 6.98. The molecule has 2 aromatic rings. The van der Waals surface area contributed by atoms with E-state index < -0.39 is 0 Å². The van der Waals surface area contributed by atoms with Crippen molar-refractivity contribution in [2.45, 2.75) is 13.0 Å². The van der Waals surface area contributed by atoms with Gasteiger partial charge in [0.15, 0.2) is 0 Å². The van der Waals surface area contributed by atoms with Crippen molar-refractivity contribution >= 4 is 16.8 Å². The van der Waals surface area contributed by atoms with Crippen molar-refractivity contribution in [2.75, 3.05) is 46.3 Å². The van der Waals surface area contributed by atoms with Crippen LogP contribution in [0.5, 0.6) is 0 Å². The minimum Gasteiger partial charge on any atom is -0.351 e. The zero-order valence-electron chi connectivity index (χ0n) is 13.9. The van der Waals surface area contributed by atoms with Gasteiger partial charge < -0.3 is 14.8 Å². The number of carbonyl (C=O) groups is 1. The van der Waals surface area contributed by atoms with Crippen molar-refractivity contribution in [1.82, 2.24) is 19.7 Å². The summed E-state index contributed by atoms with van der Waals surface area (Å²) in [5, 5.41) is 1.12. The third kappa shape index (κ3) is 2.75. The molecule has 1 aromatic carbocycles. The van der Waals surface area contributed by atoms with Crippen molar-refractivity contribution in [3.63, 3.8) is 0 Å². The summed E-state index contributed by atoms with van der Waals surface area (Å²) in [5.74, 6) is 0.131. The lowest BCUT2D eigenvalue weighted by Crippen LogP contribution is -2.62. The molecule has 0 spiro atoms. The van der Waals surface area contributed by atoms with Gasteiger partial charge in [-0.05, 0) is 32.2 Å². The molecular formula is C18H24N4O. The second kappa shape index (κ2) is 5.65. The highest BCUT2D eigenvalue weighted by molar-refractivity contribution is 5.98. The summed E-state index contributed by atoms with van der Waals surface area (Å²) in [6.45, 7) is 8.03. The van der Waals surface area contributed by atoms with Crippen LogP contribution in [0.2, 0.25) is 0 Å². The maximum Gasteiger partial charge on any atom is 0.270 e. The Kier molecular flexibility index (Phi) is 3.62. The van der Waals surface area contributed by atoms with Crippen LogP contribution in [0, 0.1) is 6.92 Å². The summed E-state index contributed by atoms with van der Waals surface area (Å²) >= 11 is 0. The van der Waals surface area contributed by atoms with E-state index >= 15 is 0 Å². The van der Waals surface area contributed by atoms with Crippen molar-refractivity contribution in [3.8, 4) is 0 Å². The first-order valence-corrected chi connectivity index (χ1v) is 8.41. The number of benzene rings is 1. The number of fused-ring (bicyclic) bond motifs is 2. The Bertz CT molecular complexity index is 738. The molecule has 122 valence electrons. The van der Waals surface area contributed by atoms with Gasteiger partial charge in [-0.3, -0.25) is 9.69 Å². The normalized spacial score (nSPS) is 23.2. The van der Waals surface area contributed by atoms with E-state index in [4.69, 9.17) is 0 Å². The lowest BCUT2D eigenvalue weighted by molar-refractivity contribution is 0.0187. The Hall–Kier alpha value is -1.85. The van der Waals surface area contributed by atoms with Gasteiger partial charge in [0.05, 0.1) is 0 Å². The molecule has 1 atom stereocenters. The number of rotatable bonds is 1. The maximum atomic E-state index is 12.9. The fourth-order valence-electron chi connectivity index (χ4n) is 3.83. The summed E-state index contributed by atoms with van der Waals surface area (Å²) < 4.78 is 0. The predicted octanol–water partition coefficient (Wildman–Crippen LogP) is 1.55. The molecule has 0 bridgehead atoms. The maximum absolute atomic E-state index is 12.9. The standard InChI is InChI=1S/C18H24N4O/c1-13-3-4-16-14(9-13)10-17(19-16)18(23)22-8-7-21-6-5-20(2)11-15(21)12-22/h3-4,9-10,15,19H,5-8,11-12H2,1-2H3/t15-/m1/s1. The van der Waals surface area contributed by atoms with Gasteiger partial charge in [-0.15, -0.1) is 0 Å². The number of H-pyrrole nitrogens is 1. The van der Waals surface area contributed by atoms with Crippen LogP contribution in [0.15, 0.2) is 24.3 Å². The molecule has 5 heteroatoms. The van der Waals surface area contributed by atoms with Crippen LogP contribution in [0.4, 0.5) is 0 Å². The van der Waals surface area contributed by atoms with Gasteiger partial charge in [0, 0.05) is 56.2 Å². The molecule has 1 N–H and O–H groups in total. The Balaban J connectivity index is 1.53. The van der Waals surface area contributed by atoms with E-state index in [1.165, 1.54) is 5.56 Å². The second-order valence-corrected chi connectivity index (χ2v) is 6.98. The lowest BCUT2D eigenvalue weighted by Gasteiger charge is -2.46. The molecule has 2 aliphatic rings. The van der Waals surface area contributed by atoms with Gasteiger partial charge in [-0.25, -0.2) is 0 Å². The van der Waals surface area contributed by atoms with Gasteiger partial charge in [-0.1, -0.05) is 11.6 Å². The molecule has 0 aliphatic carbocycles. The Morgan fingerprint density at radius 3 is 2.83 bits per heavy atom. The molecule has 0 radical (unpaired) electrons. The number of nitrogens with zero attached hydrogens (tertiary/aromatic N) is 3. The first-order valence-electron chi connectivity index (χ1n) is 8.41. The van der Waals surface area contributed by atoms with E-state index in [9.17, 15) is 4.79 Å². The molecule has 3 heterocycles. The number of aryl methyl sites for hydroxylation is 1. The van der Waals surface area contributed by atoms with Crippen LogP contribution in [0.25, 0.3) is 10.9 Å². The molecule has 5 nitrogen and oxygen atoms in total. The van der Waals surface area contributed by atoms with Gasteiger partial charge in [0.25, 0.3) is 5.91 Å². The number of nitrogens with one attached hydrogen (secondary N) is 1. The topological polar surface area (TPSA) is 42.6 Å². The Labute approximate surface area is 136 Å². The SMILES string of the molecule is Cc1ccc2[nH]c(C(=O)N3CCN4CCN(C)C[C@@H]4C3)cc2c1. The zero-order chi connectivity index (χ0) is 16.0. The molecule has 2 fully saturated rings. The highest BCUT2D eigenvalue weighted by Gasteiger charge is 2.33. The Morgan fingerprint density at radius 1 is 1.13 bits per heavy atom. The monoisotopic (exact) mass is 312 g/mol. The largest absolute Gasteiger partial charge is 0.351 e. The number of aromatic nitrogens is 1. The molecule has 1 aromatic heterocycles.